The lowest BCUT2D eigenvalue weighted by atomic mass is 10.0. The van der Waals surface area contributed by atoms with Gasteiger partial charge in [0.1, 0.15) is 6.61 Å². The first-order valence-corrected chi connectivity index (χ1v) is 21.7. The van der Waals surface area contributed by atoms with E-state index in [4.69, 9.17) is 9.47 Å². The summed E-state index contributed by atoms with van der Waals surface area (Å²) in [6, 6.07) is 0. The molecule has 0 aromatic rings. The molecule has 0 aromatic carbocycles. The molecular formula is C44H84O5. The van der Waals surface area contributed by atoms with Crippen LogP contribution >= 0.6 is 0 Å². The van der Waals surface area contributed by atoms with Crippen LogP contribution in [0.4, 0.5) is 0 Å². The molecular weight excluding hydrogens is 608 g/mol. The Kier molecular flexibility index (Phi) is 39.9. The summed E-state index contributed by atoms with van der Waals surface area (Å²) in [5, 5.41) is 9.58. The molecule has 0 unspecified atom stereocenters. The summed E-state index contributed by atoms with van der Waals surface area (Å²) in [7, 11) is 0. The zero-order valence-electron chi connectivity index (χ0n) is 33.0. The van der Waals surface area contributed by atoms with Crippen LogP contribution in [0.2, 0.25) is 0 Å². The number of aliphatic hydroxyl groups excluding tert-OH is 1. The Balaban J connectivity index is 3.49. The van der Waals surface area contributed by atoms with E-state index >= 15 is 0 Å². The summed E-state index contributed by atoms with van der Waals surface area (Å²) in [4.78, 5) is 24.3. The summed E-state index contributed by atoms with van der Waals surface area (Å²) < 4.78 is 10.6. The topological polar surface area (TPSA) is 72.8 Å². The van der Waals surface area contributed by atoms with Crippen molar-refractivity contribution in [1.29, 1.82) is 0 Å². The van der Waals surface area contributed by atoms with Gasteiger partial charge in [0.25, 0.3) is 0 Å². The van der Waals surface area contributed by atoms with Crippen LogP contribution in [-0.2, 0) is 19.1 Å². The number of esters is 2. The van der Waals surface area contributed by atoms with Crippen molar-refractivity contribution in [3.05, 3.63) is 12.2 Å². The van der Waals surface area contributed by atoms with E-state index in [2.05, 4.69) is 26.0 Å². The molecule has 0 spiro atoms. The van der Waals surface area contributed by atoms with Crippen LogP contribution in [-0.4, -0.2) is 36.4 Å². The summed E-state index contributed by atoms with van der Waals surface area (Å²) in [6.45, 7) is 4.16. The molecule has 5 heteroatoms. The number of carbonyl (C=O) groups excluding carboxylic acids is 2. The van der Waals surface area contributed by atoms with Gasteiger partial charge in [0.05, 0.1) is 6.61 Å². The molecule has 0 rings (SSSR count). The second kappa shape index (κ2) is 41.1. The lowest BCUT2D eigenvalue weighted by Crippen LogP contribution is -2.28. The van der Waals surface area contributed by atoms with Crippen molar-refractivity contribution in [1.82, 2.24) is 0 Å². The molecule has 1 N–H and O–H groups in total. The summed E-state index contributed by atoms with van der Waals surface area (Å²) in [5.41, 5.74) is 0. The summed E-state index contributed by atoms with van der Waals surface area (Å²) >= 11 is 0. The van der Waals surface area contributed by atoms with Crippen LogP contribution in [0.1, 0.15) is 239 Å². The third-order valence-corrected chi connectivity index (χ3v) is 9.81. The normalized spacial score (nSPS) is 12.1. The van der Waals surface area contributed by atoms with Gasteiger partial charge in [-0.2, -0.15) is 0 Å². The van der Waals surface area contributed by atoms with E-state index in [1.807, 2.05) is 0 Å². The van der Waals surface area contributed by atoms with Crippen LogP contribution < -0.4 is 0 Å². The quantitative estimate of drug-likeness (QED) is 0.0393. The summed E-state index contributed by atoms with van der Waals surface area (Å²) in [6.07, 6.45) is 47.1. The van der Waals surface area contributed by atoms with Crippen molar-refractivity contribution in [3.63, 3.8) is 0 Å². The van der Waals surface area contributed by atoms with Gasteiger partial charge in [-0.25, -0.2) is 0 Å². The van der Waals surface area contributed by atoms with Crippen LogP contribution in [0.3, 0.4) is 0 Å². The van der Waals surface area contributed by atoms with Crippen molar-refractivity contribution in [2.75, 3.05) is 13.2 Å². The third kappa shape index (κ3) is 39.3. The van der Waals surface area contributed by atoms with E-state index in [0.29, 0.717) is 12.8 Å². The molecule has 0 bridgehead atoms. The molecule has 0 saturated carbocycles. The van der Waals surface area contributed by atoms with Crippen LogP contribution in [0.15, 0.2) is 12.2 Å². The average Bonchev–Trinajstić information content (AvgIpc) is 3.10. The predicted molar refractivity (Wildman–Crippen MR) is 210 cm³/mol. The Labute approximate surface area is 305 Å². The zero-order valence-corrected chi connectivity index (χ0v) is 33.0. The van der Waals surface area contributed by atoms with Gasteiger partial charge >= 0.3 is 11.9 Å². The maximum Gasteiger partial charge on any atom is 0.306 e. The van der Waals surface area contributed by atoms with Crippen molar-refractivity contribution in [2.45, 2.75) is 245 Å². The number of allylic oxidation sites excluding steroid dienone is 2. The van der Waals surface area contributed by atoms with E-state index in [-0.39, 0.29) is 25.2 Å². The number of aliphatic hydroxyl groups is 1. The van der Waals surface area contributed by atoms with Gasteiger partial charge in [-0.1, -0.05) is 199 Å². The largest absolute Gasteiger partial charge is 0.462 e. The second-order valence-corrected chi connectivity index (χ2v) is 14.8. The molecule has 0 aliphatic rings. The fourth-order valence-electron chi connectivity index (χ4n) is 6.49. The lowest BCUT2D eigenvalue weighted by Gasteiger charge is -2.15. The lowest BCUT2D eigenvalue weighted by molar-refractivity contribution is -0.161. The van der Waals surface area contributed by atoms with Gasteiger partial charge in [0, 0.05) is 12.8 Å². The summed E-state index contributed by atoms with van der Waals surface area (Å²) in [5.74, 6) is -0.582. The van der Waals surface area contributed by atoms with Crippen LogP contribution in [0.5, 0.6) is 0 Å². The van der Waals surface area contributed by atoms with Crippen molar-refractivity contribution in [2.24, 2.45) is 0 Å². The fraction of sp³-hybridized carbons (Fsp3) is 0.909. The van der Waals surface area contributed by atoms with Crippen LogP contribution in [0, 0.1) is 0 Å². The highest BCUT2D eigenvalue weighted by Crippen LogP contribution is 2.16. The number of carbonyl (C=O) groups is 2. The molecule has 0 fully saturated rings. The van der Waals surface area contributed by atoms with Gasteiger partial charge in [-0.3, -0.25) is 9.59 Å². The molecule has 0 aliphatic carbocycles. The smallest absolute Gasteiger partial charge is 0.306 e. The van der Waals surface area contributed by atoms with Crippen molar-refractivity contribution >= 4 is 11.9 Å². The molecule has 0 saturated heterocycles. The highest BCUT2D eigenvalue weighted by molar-refractivity contribution is 5.70. The standard InChI is InChI=1S/C44H84O5/c1-3-5-7-9-11-13-15-17-19-21-23-25-27-29-31-33-35-37-39-44(47)49-42(40-45)41-48-43(46)38-36-34-32-30-28-26-24-22-20-18-16-14-12-10-8-6-4-2/h18,20,42,45H,3-17,19,21-41H2,1-2H3/b20-18+/t42-/m0/s1. The zero-order chi connectivity index (χ0) is 35.7. The first-order valence-electron chi connectivity index (χ1n) is 21.7. The Hall–Kier alpha value is -1.36. The van der Waals surface area contributed by atoms with Crippen molar-refractivity contribution in [3.8, 4) is 0 Å². The number of ether oxygens (including phenoxy) is 2. The number of unbranched alkanes of at least 4 members (excludes halogenated alkanes) is 30. The number of hydrogen-bond donors (Lipinski definition) is 1. The minimum Gasteiger partial charge on any atom is -0.462 e. The van der Waals surface area contributed by atoms with E-state index in [1.54, 1.807) is 0 Å². The van der Waals surface area contributed by atoms with Gasteiger partial charge in [-0.15, -0.1) is 0 Å². The van der Waals surface area contributed by atoms with E-state index in [0.717, 1.165) is 38.5 Å². The minimum absolute atomic E-state index is 0.0619. The maximum absolute atomic E-state index is 12.2. The fourth-order valence-corrected chi connectivity index (χ4v) is 6.49. The second-order valence-electron chi connectivity index (χ2n) is 14.8. The predicted octanol–water partition coefficient (Wildman–Crippen LogP) is 13.7. The molecule has 0 aliphatic heterocycles. The van der Waals surface area contributed by atoms with E-state index in [1.165, 1.54) is 173 Å². The number of hydrogen-bond acceptors (Lipinski definition) is 5. The van der Waals surface area contributed by atoms with E-state index in [9.17, 15) is 14.7 Å². The van der Waals surface area contributed by atoms with Gasteiger partial charge < -0.3 is 14.6 Å². The monoisotopic (exact) mass is 693 g/mol. The molecule has 0 heterocycles. The van der Waals surface area contributed by atoms with Gasteiger partial charge in [0.15, 0.2) is 6.10 Å². The molecule has 0 radical (unpaired) electrons. The Bertz CT molecular complexity index is 705. The highest BCUT2D eigenvalue weighted by atomic mass is 16.6. The van der Waals surface area contributed by atoms with Crippen molar-refractivity contribution < 1.29 is 24.2 Å². The Morgan fingerprint density at radius 2 is 0.755 bits per heavy atom. The van der Waals surface area contributed by atoms with E-state index < -0.39 is 6.10 Å². The molecule has 0 amide bonds. The maximum atomic E-state index is 12.2. The Morgan fingerprint density at radius 3 is 1.10 bits per heavy atom. The molecule has 49 heavy (non-hydrogen) atoms. The van der Waals surface area contributed by atoms with Crippen LogP contribution in [0.25, 0.3) is 0 Å². The Morgan fingerprint density at radius 1 is 0.449 bits per heavy atom. The third-order valence-electron chi connectivity index (χ3n) is 9.81. The van der Waals surface area contributed by atoms with Gasteiger partial charge in [0.2, 0.25) is 0 Å². The first kappa shape index (κ1) is 47.6. The highest BCUT2D eigenvalue weighted by Gasteiger charge is 2.16. The SMILES string of the molecule is CCCCCCCC/C=C/CCCCCCCCCC(=O)OC[C@H](CO)OC(=O)CCCCCCCCCCCCCCCCCCCC. The van der Waals surface area contributed by atoms with Gasteiger partial charge in [-0.05, 0) is 38.5 Å². The first-order chi connectivity index (χ1) is 24.1. The molecule has 0 aromatic heterocycles. The molecule has 1 atom stereocenters. The minimum atomic E-state index is -0.766. The average molecular weight is 693 g/mol. The molecule has 290 valence electrons. The number of rotatable bonds is 40. The molecule has 5 nitrogen and oxygen atoms in total.